The van der Waals surface area contributed by atoms with Crippen LogP contribution in [0.5, 0.6) is 11.5 Å². The number of aromatic nitrogens is 1. The number of methoxy groups -OCH3 is 2. The molecule has 1 aliphatic rings. The summed E-state index contributed by atoms with van der Waals surface area (Å²) in [4.78, 5) is 17.3. The van der Waals surface area contributed by atoms with Crippen molar-refractivity contribution in [3.05, 3.63) is 70.6 Å². The van der Waals surface area contributed by atoms with Crippen LogP contribution in [0.25, 0.3) is 0 Å². The van der Waals surface area contributed by atoms with Gasteiger partial charge in [-0.2, -0.15) is 4.39 Å². The fraction of sp³-hybridized carbons (Fsp3) is 0.400. The van der Waals surface area contributed by atoms with Crippen LogP contribution in [0.3, 0.4) is 0 Å². The minimum Gasteiger partial charge on any atom is -0.497 e. The van der Waals surface area contributed by atoms with Crippen molar-refractivity contribution in [1.29, 1.82) is 0 Å². The molecule has 3 aromatic rings. The number of halogens is 4. The molecule has 1 fully saturated rings. The summed E-state index contributed by atoms with van der Waals surface area (Å²) in [6.45, 7) is 8.46. The Morgan fingerprint density at radius 3 is 2.49 bits per heavy atom. The second kappa shape index (κ2) is 13.0. The highest BCUT2D eigenvalue weighted by Crippen LogP contribution is 2.44. The second-order valence-electron chi connectivity index (χ2n) is 11.5. The van der Waals surface area contributed by atoms with Gasteiger partial charge in [-0.05, 0) is 57.0 Å². The largest absolute Gasteiger partial charge is 0.497 e. The van der Waals surface area contributed by atoms with Gasteiger partial charge in [-0.1, -0.05) is 24.6 Å². The van der Waals surface area contributed by atoms with Gasteiger partial charge in [0.1, 0.15) is 38.7 Å². The van der Waals surface area contributed by atoms with Crippen molar-refractivity contribution in [3.63, 3.8) is 0 Å². The molecule has 0 spiro atoms. The first-order chi connectivity index (χ1) is 20.2. The van der Waals surface area contributed by atoms with Gasteiger partial charge < -0.3 is 24.4 Å². The van der Waals surface area contributed by atoms with E-state index < -0.39 is 29.3 Å². The summed E-state index contributed by atoms with van der Waals surface area (Å²) in [6.07, 6.45) is -0.534. The van der Waals surface area contributed by atoms with Crippen LogP contribution in [0.15, 0.2) is 47.4 Å². The number of carbonyl (C=O) groups is 1. The fourth-order valence-electron chi connectivity index (χ4n) is 4.58. The number of amides is 1. The van der Waals surface area contributed by atoms with Crippen molar-refractivity contribution in [1.82, 2.24) is 10.3 Å². The number of hydrogen-bond donors (Lipinski definition) is 1. The Morgan fingerprint density at radius 2 is 1.86 bits per heavy atom. The molecule has 0 saturated carbocycles. The average Bonchev–Trinajstić information content (AvgIpc) is 2.93. The minimum atomic E-state index is -0.953. The highest BCUT2D eigenvalue weighted by molar-refractivity contribution is 8.00. The third-order valence-corrected chi connectivity index (χ3v) is 8.06. The molecule has 1 saturated heterocycles. The zero-order valence-corrected chi connectivity index (χ0v) is 26.3. The third kappa shape index (κ3) is 7.91. The molecule has 1 N–H and O–H groups in total. The van der Waals surface area contributed by atoms with Gasteiger partial charge in [0.15, 0.2) is 5.82 Å². The number of pyridine rings is 1. The standard InChI is InChI=1S/C30H34ClF3N4O4S/c1-29(2,3)42-28(39)35-15-30(4)16-37(17-30)21-13-20(32)27(26(34)25(21)31)43-38(24-9-7-8-23(33)36-24)14-18-10-11-19(40-5)12-22(18)41-6/h7-13H,14-17H2,1-6H3,(H,35,39). The topological polar surface area (TPSA) is 76.2 Å². The van der Waals surface area contributed by atoms with E-state index in [0.717, 1.165) is 0 Å². The van der Waals surface area contributed by atoms with Gasteiger partial charge >= 0.3 is 6.09 Å². The van der Waals surface area contributed by atoms with Crippen molar-refractivity contribution < 1.29 is 32.2 Å². The van der Waals surface area contributed by atoms with Gasteiger partial charge in [0.2, 0.25) is 5.95 Å². The van der Waals surface area contributed by atoms with Crippen LogP contribution in [0, 0.1) is 23.0 Å². The van der Waals surface area contributed by atoms with Gasteiger partial charge in [-0.15, -0.1) is 0 Å². The first-order valence-corrected chi connectivity index (χ1v) is 14.6. The van der Waals surface area contributed by atoms with Crippen LogP contribution in [0.2, 0.25) is 5.02 Å². The Kier molecular flexibility index (Phi) is 9.80. The van der Waals surface area contributed by atoms with Crippen molar-refractivity contribution in [2.75, 3.05) is 43.1 Å². The summed E-state index contributed by atoms with van der Waals surface area (Å²) in [7, 11) is 3.01. The fourth-order valence-corrected chi connectivity index (χ4v) is 5.85. The molecule has 0 bridgehead atoms. The predicted molar refractivity (Wildman–Crippen MR) is 162 cm³/mol. The quantitative estimate of drug-likeness (QED) is 0.142. The highest BCUT2D eigenvalue weighted by atomic mass is 35.5. The summed E-state index contributed by atoms with van der Waals surface area (Å²) < 4.78 is 62.9. The van der Waals surface area contributed by atoms with E-state index >= 15 is 8.78 Å². The number of alkyl carbamates (subject to hydrolysis) is 1. The van der Waals surface area contributed by atoms with Crippen LogP contribution >= 0.6 is 23.5 Å². The molecule has 2 aromatic carbocycles. The van der Waals surface area contributed by atoms with E-state index in [4.69, 9.17) is 25.8 Å². The second-order valence-corrected chi connectivity index (χ2v) is 12.9. The van der Waals surface area contributed by atoms with Crippen LogP contribution in [-0.2, 0) is 11.3 Å². The number of nitrogens with one attached hydrogen (secondary N) is 1. The van der Waals surface area contributed by atoms with Crippen LogP contribution in [-0.4, -0.2) is 50.5 Å². The number of ether oxygens (including phenoxy) is 3. The molecule has 232 valence electrons. The van der Waals surface area contributed by atoms with Crippen LogP contribution in [0.4, 0.5) is 29.5 Å². The zero-order chi connectivity index (χ0) is 31.5. The molecule has 8 nitrogen and oxygen atoms in total. The maximum atomic E-state index is 15.7. The lowest BCUT2D eigenvalue weighted by Crippen LogP contribution is -2.59. The lowest BCUT2D eigenvalue weighted by Gasteiger charge is -2.49. The number of benzene rings is 2. The molecule has 13 heteroatoms. The van der Waals surface area contributed by atoms with E-state index in [1.54, 1.807) is 43.9 Å². The Bertz CT molecular complexity index is 1480. The first kappa shape index (κ1) is 32.4. The molecule has 0 radical (unpaired) electrons. The van der Waals surface area contributed by atoms with E-state index in [0.29, 0.717) is 48.6 Å². The summed E-state index contributed by atoms with van der Waals surface area (Å²) in [5.41, 5.74) is -0.133. The monoisotopic (exact) mass is 638 g/mol. The Morgan fingerprint density at radius 1 is 1.14 bits per heavy atom. The smallest absolute Gasteiger partial charge is 0.407 e. The molecular formula is C30H34ClF3N4O4S. The molecule has 1 aromatic heterocycles. The molecule has 0 atom stereocenters. The van der Waals surface area contributed by atoms with Crippen molar-refractivity contribution in [2.45, 2.75) is 44.7 Å². The summed E-state index contributed by atoms with van der Waals surface area (Å²) >= 11 is 7.16. The Hall–Kier alpha value is -3.51. The summed E-state index contributed by atoms with van der Waals surface area (Å²) in [5.74, 6) is -1.38. The van der Waals surface area contributed by atoms with E-state index in [1.807, 2.05) is 6.92 Å². The molecule has 4 rings (SSSR count). The molecule has 1 aliphatic heterocycles. The minimum absolute atomic E-state index is 0.0572. The number of nitrogens with zero attached hydrogens (tertiary/aromatic N) is 3. The summed E-state index contributed by atoms with van der Waals surface area (Å²) in [6, 6.07) is 10.5. The van der Waals surface area contributed by atoms with E-state index in [1.165, 1.54) is 42.8 Å². The van der Waals surface area contributed by atoms with Gasteiger partial charge in [-0.25, -0.2) is 18.6 Å². The molecular weight excluding hydrogens is 605 g/mol. The maximum Gasteiger partial charge on any atom is 0.407 e. The number of anilines is 2. The number of hydrogen-bond acceptors (Lipinski definition) is 8. The molecule has 43 heavy (non-hydrogen) atoms. The van der Waals surface area contributed by atoms with Crippen molar-refractivity contribution in [2.24, 2.45) is 5.41 Å². The SMILES string of the molecule is COc1ccc(CN(Sc2c(F)cc(N3CC(C)(CNC(=O)OC(C)(C)C)C3)c(Cl)c2F)c2cccc(F)n2)c(OC)c1. The van der Waals surface area contributed by atoms with Gasteiger partial charge in [0.05, 0.1) is 26.5 Å². The Balaban J connectivity index is 1.55. The lowest BCUT2D eigenvalue weighted by molar-refractivity contribution is 0.0494. The normalized spacial score (nSPS) is 14.1. The molecule has 2 heterocycles. The van der Waals surface area contributed by atoms with Crippen molar-refractivity contribution in [3.8, 4) is 11.5 Å². The molecule has 0 aliphatic carbocycles. The predicted octanol–water partition coefficient (Wildman–Crippen LogP) is 7.23. The lowest BCUT2D eigenvalue weighted by atomic mass is 9.81. The van der Waals surface area contributed by atoms with Crippen LogP contribution in [0.1, 0.15) is 33.3 Å². The first-order valence-electron chi connectivity index (χ1n) is 13.4. The Labute approximate surface area is 258 Å². The summed E-state index contributed by atoms with van der Waals surface area (Å²) in [5, 5.41) is 2.50. The third-order valence-electron chi connectivity index (χ3n) is 6.61. The maximum absolute atomic E-state index is 15.7. The highest BCUT2D eigenvalue weighted by Gasteiger charge is 2.41. The van der Waals surface area contributed by atoms with Crippen molar-refractivity contribution >= 4 is 41.1 Å². The zero-order valence-electron chi connectivity index (χ0n) is 24.8. The number of rotatable bonds is 10. The van der Waals surface area contributed by atoms with E-state index in [9.17, 15) is 9.18 Å². The molecule has 0 unspecified atom stereocenters. The van der Waals surface area contributed by atoms with E-state index in [2.05, 4.69) is 10.3 Å². The van der Waals surface area contributed by atoms with E-state index in [-0.39, 0.29) is 33.4 Å². The molecule has 1 amide bonds. The van der Waals surface area contributed by atoms with Gasteiger partial charge in [0.25, 0.3) is 0 Å². The number of carbonyl (C=O) groups excluding carboxylic acids is 1. The van der Waals surface area contributed by atoms with Gasteiger partial charge in [-0.3, -0.25) is 4.31 Å². The average molecular weight is 639 g/mol. The van der Waals surface area contributed by atoms with Crippen LogP contribution < -0.4 is 24.0 Å². The van der Waals surface area contributed by atoms with Gasteiger partial charge in [0, 0.05) is 42.7 Å².